The molecule has 2 unspecified atom stereocenters. The molecule has 6 nitrogen and oxygen atoms in total. The Balaban J connectivity index is 3.39. The van der Waals surface area contributed by atoms with Crippen molar-refractivity contribution in [1.29, 1.82) is 0 Å². The van der Waals surface area contributed by atoms with Gasteiger partial charge >= 0.3 is 5.97 Å². The molecule has 410 valence electrons. The predicted molar refractivity (Wildman–Crippen MR) is 301 cm³/mol. The van der Waals surface area contributed by atoms with E-state index in [1.165, 1.54) is 283 Å². The maximum Gasteiger partial charge on any atom is 0.305 e. The molecule has 0 spiro atoms. The van der Waals surface area contributed by atoms with Gasteiger partial charge in [0, 0.05) is 12.8 Å². The standard InChI is InChI=1S/C63H123NO5/c1-3-5-7-9-11-13-15-17-28-31-35-39-43-47-51-55-61(66)60(59-65)64-62(67)56-52-48-44-40-36-32-29-26-24-22-20-19-21-23-25-27-30-34-38-42-46-50-54-58-69-63(68)57-53-49-45-41-37-33-18-16-14-12-10-8-6-4-2/h22,24,60-61,65-66H,3-21,23,25-59H2,1-2H3,(H,64,67)/b24-22-. The van der Waals surface area contributed by atoms with Crippen molar-refractivity contribution >= 4 is 11.9 Å². The third-order valence-corrected chi connectivity index (χ3v) is 14.8. The summed E-state index contributed by atoms with van der Waals surface area (Å²) in [4.78, 5) is 24.5. The molecule has 3 N–H and O–H groups in total. The van der Waals surface area contributed by atoms with Crippen molar-refractivity contribution in [1.82, 2.24) is 5.32 Å². The Labute approximate surface area is 431 Å². The quantitative estimate of drug-likeness (QED) is 0.0321. The molecule has 0 bridgehead atoms. The molecule has 2 atom stereocenters. The zero-order valence-electron chi connectivity index (χ0n) is 46.8. The lowest BCUT2D eigenvalue weighted by molar-refractivity contribution is -0.143. The van der Waals surface area contributed by atoms with Crippen LogP contribution in [0.4, 0.5) is 0 Å². The number of amides is 1. The number of hydrogen-bond donors (Lipinski definition) is 3. The number of rotatable bonds is 59. The van der Waals surface area contributed by atoms with E-state index < -0.39 is 12.1 Å². The highest BCUT2D eigenvalue weighted by Crippen LogP contribution is 2.18. The van der Waals surface area contributed by atoms with E-state index in [-0.39, 0.29) is 18.5 Å². The van der Waals surface area contributed by atoms with Crippen LogP contribution in [0.5, 0.6) is 0 Å². The van der Waals surface area contributed by atoms with Crippen LogP contribution in [0.25, 0.3) is 0 Å². The Morgan fingerprint density at radius 2 is 0.681 bits per heavy atom. The van der Waals surface area contributed by atoms with Gasteiger partial charge in [0.15, 0.2) is 0 Å². The van der Waals surface area contributed by atoms with Crippen LogP contribution in [0, 0.1) is 0 Å². The maximum absolute atomic E-state index is 12.5. The van der Waals surface area contributed by atoms with Gasteiger partial charge in [-0.3, -0.25) is 9.59 Å². The highest BCUT2D eigenvalue weighted by atomic mass is 16.5. The molecule has 1 amide bonds. The highest BCUT2D eigenvalue weighted by Gasteiger charge is 2.20. The lowest BCUT2D eigenvalue weighted by atomic mass is 10.0. The fourth-order valence-corrected chi connectivity index (χ4v) is 9.99. The highest BCUT2D eigenvalue weighted by molar-refractivity contribution is 5.76. The van der Waals surface area contributed by atoms with E-state index in [0.717, 1.165) is 38.5 Å². The lowest BCUT2D eigenvalue weighted by Crippen LogP contribution is -2.45. The average molecular weight is 975 g/mol. The average Bonchev–Trinajstić information content (AvgIpc) is 3.35. The number of carbonyl (C=O) groups is 2. The van der Waals surface area contributed by atoms with Gasteiger partial charge in [0.05, 0.1) is 25.4 Å². The third-order valence-electron chi connectivity index (χ3n) is 14.8. The van der Waals surface area contributed by atoms with Crippen molar-refractivity contribution in [2.45, 2.75) is 366 Å². The van der Waals surface area contributed by atoms with Gasteiger partial charge in [-0.1, -0.05) is 302 Å². The van der Waals surface area contributed by atoms with Crippen molar-refractivity contribution in [3.8, 4) is 0 Å². The molecular weight excluding hydrogens is 851 g/mol. The van der Waals surface area contributed by atoms with Gasteiger partial charge in [0.25, 0.3) is 0 Å². The fourth-order valence-electron chi connectivity index (χ4n) is 9.99. The summed E-state index contributed by atoms with van der Waals surface area (Å²) in [7, 11) is 0. The molecule has 0 aliphatic heterocycles. The first-order valence-corrected chi connectivity index (χ1v) is 31.4. The maximum atomic E-state index is 12.5. The van der Waals surface area contributed by atoms with Gasteiger partial charge in [0.1, 0.15) is 0 Å². The summed E-state index contributed by atoms with van der Waals surface area (Å²) < 4.78 is 5.48. The first-order chi connectivity index (χ1) is 34.0. The summed E-state index contributed by atoms with van der Waals surface area (Å²) in [5, 5.41) is 23.3. The number of hydrogen-bond acceptors (Lipinski definition) is 5. The van der Waals surface area contributed by atoms with Gasteiger partial charge in [-0.25, -0.2) is 0 Å². The van der Waals surface area contributed by atoms with Gasteiger partial charge < -0.3 is 20.3 Å². The molecule has 0 aliphatic carbocycles. The minimum atomic E-state index is -0.667. The van der Waals surface area contributed by atoms with Crippen molar-refractivity contribution in [2.75, 3.05) is 13.2 Å². The van der Waals surface area contributed by atoms with E-state index in [1.807, 2.05) is 0 Å². The first kappa shape index (κ1) is 67.6. The molecule has 0 heterocycles. The Bertz CT molecular complexity index is 1030. The number of ether oxygens (including phenoxy) is 1. The Hall–Kier alpha value is -1.40. The summed E-state index contributed by atoms with van der Waals surface area (Å²) in [6, 6.07) is -0.545. The molecule has 0 aromatic carbocycles. The normalized spacial score (nSPS) is 12.6. The smallest absolute Gasteiger partial charge is 0.305 e. The molecule has 6 heteroatoms. The topological polar surface area (TPSA) is 95.9 Å². The SMILES string of the molecule is CCCCCCCCCCCCCCCCCC(O)C(CO)NC(=O)CCCCCCCCC/C=C\CCCCCCCCCCCCCCOC(=O)CCCCCCCCCCCCCCCC. The molecule has 0 aliphatic rings. The van der Waals surface area contributed by atoms with Gasteiger partial charge in [-0.15, -0.1) is 0 Å². The summed E-state index contributed by atoms with van der Waals surface area (Å²) in [6.07, 6.45) is 70.8. The fraction of sp³-hybridized carbons (Fsp3) is 0.937. The molecular formula is C63H123NO5. The van der Waals surface area contributed by atoms with E-state index in [0.29, 0.717) is 25.9 Å². The summed E-state index contributed by atoms with van der Waals surface area (Å²) in [5.74, 6) is -0.0243. The molecule has 0 saturated heterocycles. The van der Waals surface area contributed by atoms with Gasteiger partial charge in [0.2, 0.25) is 5.91 Å². The van der Waals surface area contributed by atoms with E-state index in [9.17, 15) is 19.8 Å². The van der Waals surface area contributed by atoms with E-state index in [1.54, 1.807) is 0 Å². The number of allylic oxidation sites excluding steroid dienone is 2. The van der Waals surface area contributed by atoms with Crippen molar-refractivity contribution in [3.05, 3.63) is 12.2 Å². The zero-order valence-corrected chi connectivity index (χ0v) is 46.8. The summed E-state index contributed by atoms with van der Waals surface area (Å²) in [6.45, 7) is 4.98. The number of aliphatic hydroxyl groups is 2. The van der Waals surface area contributed by atoms with Crippen LogP contribution >= 0.6 is 0 Å². The van der Waals surface area contributed by atoms with Gasteiger partial charge in [-0.2, -0.15) is 0 Å². The van der Waals surface area contributed by atoms with Crippen molar-refractivity contribution in [3.63, 3.8) is 0 Å². The number of unbranched alkanes of at least 4 members (excludes halogenated alkanes) is 46. The summed E-state index contributed by atoms with van der Waals surface area (Å²) >= 11 is 0. The van der Waals surface area contributed by atoms with Gasteiger partial charge in [-0.05, 0) is 51.4 Å². The predicted octanol–water partition coefficient (Wildman–Crippen LogP) is 19.6. The first-order valence-electron chi connectivity index (χ1n) is 31.4. The number of esters is 1. The molecule has 0 radical (unpaired) electrons. The van der Waals surface area contributed by atoms with E-state index in [2.05, 4.69) is 31.3 Å². The van der Waals surface area contributed by atoms with Crippen molar-refractivity contribution in [2.24, 2.45) is 0 Å². The number of nitrogens with one attached hydrogen (secondary N) is 1. The second-order valence-corrected chi connectivity index (χ2v) is 21.7. The zero-order chi connectivity index (χ0) is 50.0. The Kier molecular flexibility index (Phi) is 58.0. The third kappa shape index (κ3) is 55.8. The van der Waals surface area contributed by atoms with Crippen LogP contribution < -0.4 is 5.32 Å². The summed E-state index contributed by atoms with van der Waals surface area (Å²) in [5.41, 5.74) is 0. The van der Waals surface area contributed by atoms with Crippen LogP contribution in [-0.4, -0.2) is 47.4 Å². The Morgan fingerprint density at radius 3 is 1.03 bits per heavy atom. The molecule has 0 rings (SSSR count). The van der Waals surface area contributed by atoms with Crippen LogP contribution in [0.1, 0.15) is 354 Å². The second-order valence-electron chi connectivity index (χ2n) is 21.7. The van der Waals surface area contributed by atoms with Crippen LogP contribution in [-0.2, 0) is 14.3 Å². The van der Waals surface area contributed by atoms with Crippen LogP contribution in [0.3, 0.4) is 0 Å². The number of carbonyl (C=O) groups excluding carboxylic acids is 2. The van der Waals surface area contributed by atoms with E-state index >= 15 is 0 Å². The van der Waals surface area contributed by atoms with Crippen LogP contribution in [0.15, 0.2) is 12.2 Å². The minimum Gasteiger partial charge on any atom is -0.466 e. The van der Waals surface area contributed by atoms with Crippen molar-refractivity contribution < 1.29 is 24.5 Å². The molecule has 0 aromatic rings. The Morgan fingerprint density at radius 1 is 0.391 bits per heavy atom. The molecule has 0 saturated carbocycles. The minimum absolute atomic E-state index is 0.0145. The molecule has 0 aromatic heterocycles. The van der Waals surface area contributed by atoms with E-state index in [4.69, 9.17) is 4.74 Å². The lowest BCUT2D eigenvalue weighted by Gasteiger charge is -2.22. The molecule has 69 heavy (non-hydrogen) atoms. The monoisotopic (exact) mass is 974 g/mol. The second kappa shape index (κ2) is 59.2. The number of aliphatic hydroxyl groups excluding tert-OH is 2. The van der Waals surface area contributed by atoms with Crippen LogP contribution in [0.2, 0.25) is 0 Å². The molecule has 0 fully saturated rings. The largest absolute Gasteiger partial charge is 0.466 e.